The molecular formula is C17H27NO2. The van der Waals surface area contributed by atoms with Crippen LogP contribution in [0.5, 0.6) is 0 Å². The Bertz CT molecular complexity index is 396. The Labute approximate surface area is 122 Å². The zero-order valence-corrected chi connectivity index (χ0v) is 12.9. The second kappa shape index (κ2) is 7.21. The highest BCUT2D eigenvalue weighted by Gasteiger charge is 2.19. The number of hydrogen-bond donors (Lipinski definition) is 1. The van der Waals surface area contributed by atoms with Gasteiger partial charge in [-0.2, -0.15) is 0 Å². The van der Waals surface area contributed by atoms with E-state index in [0.717, 1.165) is 31.6 Å². The van der Waals surface area contributed by atoms with Gasteiger partial charge in [0.15, 0.2) is 0 Å². The minimum atomic E-state index is -0.428. The zero-order valence-electron chi connectivity index (χ0n) is 12.9. The Kier molecular flexibility index (Phi) is 5.58. The molecule has 1 N–H and O–H groups in total. The molecule has 1 aliphatic heterocycles. The fraction of sp³-hybridized carbons (Fsp3) is 0.647. The van der Waals surface area contributed by atoms with Gasteiger partial charge in [0.1, 0.15) is 0 Å². The summed E-state index contributed by atoms with van der Waals surface area (Å²) in [6.07, 6.45) is 2.22. The van der Waals surface area contributed by atoms with Crippen LogP contribution in [0, 0.1) is 0 Å². The molecule has 0 aromatic heterocycles. The average Bonchev–Trinajstić information content (AvgIpc) is 2.91. The van der Waals surface area contributed by atoms with Gasteiger partial charge in [0.25, 0.3) is 0 Å². The highest BCUT2D eigenvalue weighted by molar-refractivity contribution is 5.26. The third-order valence-corrected chi connectivity index (χ3v) is 4.01. The summed E-state index contributed by atoms with van der Waals surface area (Å²) in [5, 5.41) is 10.3. The van der Waals surface area contributed by atoms with Gasteiger partial charge in [0, 0.05) is 19.7 Å². The molecule has 0 saturated carbocycles. The monoisotopic (exact) mass is 277 g/mol. The highest BCUT2D eigenvalue weighted by atomic mass is 16.5. The summed E-state index contributed by atoms with van der Waals surface area (Å²) in [6.45, 7) is 6.81. The van der Waals surface area contributed by atoms with E-state index < -0.39 is 6.10 Å². The molecule has 2 unspecified atom stereocenters. The summed E-state index contributed by atoms with van der Waals surface area (Å²) in [4.78, 5) is 2.16. The van der Waals surface area contributed by atoms with Crippen molar-refractivity contribution in [1.82, 2.24) is 4.90 Å². The standard InChI is InChI=1S/C17H27NO2/c1-13(2)14-6-8-15(9-7-14)17(19)12-18(3)11-16-5-4-10-20-16/h6-9,13,16-17,19H,4-5,10-12H2,1-3H3. The first kappa shape index (κ1) is 15.5. The molecule has 3 heteroatoms. The van der Waals surface area contributed by atoms with Crippen LogP contribution in [0.1, 0.15) is 49.8 Å². The number of aliphatic hydroxyl groups excluding tert-OH is 1. The van der Waals surface area contributed by atoms with Gasteiger partial charge in [-0.3, -0.25) is 0 Å². The molecule has 0 bridgehead atoms. The first-order valence-electron chi connectivity index (χ1n) is 7.64. The second-order valence-electron chi connectivity index (χ2n) is 6.19. The van der Waals surface area contributed by atoms with Gasteiger partial charge in [-0.15, -0.1) is 0 Å². The van der Waals surface area contributed by atoms with Crippen LogP contribution in [0.4, 0.5) is 0 Å². The van der Waals surface area contributed by atoms with Crippen LogP contribution in [-0.4, -0.2) is 42.9 Å². The minimum Gasteiger partial charge on any atom is -0.387 e. The van der Waals surface area contributed by atoms with E-state index in [2.05, 4.69) is 30.9 Å². The molecule has 2 rings (SSSR count). The third-order valence-electron chi connectivity index (χ3n) is 4.01. The van der Waals surface area contributed by atoms with Crippen LogP contribution in [0.2, 0.25) is 0 Å². The lowest BCUT2D eigenvalue weighted by molar-refractivity contribution is 0.0602. The summed E-state index contributed by atoms with van der Waals surface area (Å²) >= 11 is 0. The lowest BCUT2D eigenvalue weighted by Gasteiger charge is -2.23. The quantitative estimate of drug-likeness (QED) is 0.867. The normalized spacial score (nSPS) is 20.8. The molecule has 3 nitrogen and oxygen atoms in total. The molecule has 20 heavy (non-hydrogen) atoms. The van der Waals surface area contributed by atoms with Crippen molar-refractivity contribution in [3.63, 3.8) is 0 Å². The van der Waals surface area contributed by atoms with Crippen molar-refractivity contribution < 1.29 is 9.84 Å². The van der Waals surface area contributed by atoms with Crippen LogP contribution in [-0.2, 0) is 4.74 Å². The van der Waals surface area contributed by atoms with Crippen LogP contribution in [0.3, 0.4) is 0 Å². The number of ether oxygens (including phenoxy) is 1. The van der Waals surface area contributed by atoms with Crippen molar-refractivity contribution in [3.05, 3.63) is 35.4 Å². The van der Waals surface area contributed by atoms with Gasteiger partial charge in [0.2, 0.25) is 0 Å². The maximum Gasteiger partial charge on any atom is 0.0916 e. The van der Waals surface area contributed by atoms with Gasteiger partial charge in [-0.1, -0.05) is 38.1 Å². The van der Waals surface area contributed by atoms with E-state index in [1.54, 1.807) is 0 Å². The third kappa shape index (κ3) is 4.30. The van der Waals surface area contributed by atoms with Crippen molar-refractivity contribution in [2.45, 2.75) is 44.8 Å². The Morgan fingerprint density at radius 2 is 1.90 bits per heavy atom. The Morgan fingerprint density at radius 1 is 1.25 bits per heavy atom. The highest BCUT2D eigenvalue weighted by Crippen LogP contribution is 2.20. The first-order chi connectivity index (χ1) is 9.56. The van der Waals surface area contributed by atoms with Crippen molar-refractivity contribution >= 4 is 0 Å². The summed E-state index contributed by atoms with van der Waals surface area (Å²) in [6, 6.07) is 8.31. The zero-order chi connectivity index (χ0) is 14.5. The summed E-state index contributed by atoms with van der Waals surface area (Å²) < 4.78 is 5.63. The molecule has 0 amide bonds. The fourth-order valence-electron chi connectivity index (χ4n) is 2.71. The largest absolute Gasteiger partial charge is 0.387 e. The molecule has 0 aliphatic carbocycles. The molecule has 1 saturated heterocycles. The maximum atomic E-state index is 10.3. The van der Waals surface area contributed by atoms with E-state index in [0.29, 0.717) is 18.6 Å². The van der Waals surface area contributed by atoms with Gasteiger partial charge in [0.05, 0.1) is 12.2 Å². The Morgan fingerprint density at radius 3 is 2.45 bits per heavy atom. The minimum absolute atomic E-state index is 0.343. The summed E-state index contributed by atoms with van der Waals surface area (Å²) in [7, 11) is 2.05. The van der Waals surface area contributed by atoms with Crippen molar-refractivity contribution in [3.8, 4) is 0 Å². The molecule has 1 aromatic rings. The van der Waals surface area contributed by atoms with Crippen LogP contribution >= 0.6 is 0 Å². The number of aliphatic hydroxyl groups is 1. The van der Waals surface area contributed by atoms with Gasteiger partial charge >= 0.3 is 0 Å². The van der Waals surface area contributed by atoms with E-state index in [4.69, 9.17) is 4.74 Å². The topological polar surface area (TPSA) is 32.7 Å². The van der Waals surface area contributed by atoms with Crippen molar-refractivity contribution in [1.29, 1.82) is 0 Å². The number of nitrogens with zero attached hydrogens (tertiary/aromatic N) is 1. The maximum absolute atomic E-state index is 10.3. The van der Waals surface area contributed by atoms with Crippen molar-refractivity contribution in [2.24, 2.45) is 0 Å². The Hall–Kier alpha value is -0.900. The van der Waals surface area contributed by atoms with Crippen LogP contribution in [0.25, 0.3) is 0 Å². The molecule has 0 spiro atoms. The number of likely N-dealkylation sites (N-methyl/N-ethyl adjacent to an activating group) is 1. The second-order valence-corrected chi connectivity index (χ2v) is 6.19. The molecule has 1 heterocycles. The summed E-state index contributed by atoms with van der Waals surface area (Å²) in [5.41, 5.74) is 2.31. The predicted octanol–water partition coefficient (Wildman–Crippen LogP) is 2.95. The predicted molar refractivity (Wildman–Crippen MR) is 82.0 cm³/mol. The number of benzene rings is 1. The summed E-state index contributed by atoms with van der Waals surface area (Å²) in [5.74, 6) is 0.531. The lowest BCUT2D eigenvalue weighted by Crippen LogP contribution is -2.32. The fourth-order valence-corrected chi connectivity index (χ4v) is 2.71. The molecule has 112 valence electrons. The van der Waals surface area contributed by atoms with E-state index in [9.17, 15) is 5.11 Å². The molecule has 1 aromatic carbocycles. The lowest BCUT2D eigenvalue weighted by atomic mass is 10.00. The van der Waals surface area contributed by atoms with E-state index >= 15 is 0 Å². The molecule has 1 aliphatic rings. The average molecular weight is 277 g/mol. The van der Waals surface area contributed by atoms with Crippen LogP contribution < -0.4 is 0 Å². The smallest absolute Gasteiger partial charge is 0.0916 e. The number of hydrogen-bond acceptors (Lipinski definition) is 3. The Balaban J connectivity index is 1.85. The molecule has 0 radical (unpaired) electrons. The van der Waals surface area contributed by atoms with E-state index in [1.165, 1.54) is 5.56 Å². The number of rotatable bonds is 6. The van der Waals surface area contributed by atoms with Gasteiger partial charge < -0.3 is 14.7 Å². The van der Waals surface area contributed by atoms with Crippen LogP contribution in [0.15, 0.2) is 24.3 Å². The van der Waals surface area contributed by atoms with Gasteiger partial charge in [-0.05, 0) is 36.9 Å². The molecule has 1 fully saturated rings. The SMILES string of the molecule is CC(C)c1ccc(C(O)CN(C)CC2CCCO2)cc1. The van der Waals surface area contributed by atoms with Crippen molar-refractivity contribution in [2.75, 3.05) is 26.7 Å². The first-order valence-corrected chi connectivity index (χ1v) is 7.64. The van der Waals surface area contributed by atoms with E-state index in [-0.39, 0.29) is 0 Å². The van der Waals surface area contributed by atoms with E-state index in [1.807, 2.05) is 19.2 Å². The van der Waals surface area contributed by atoms with Gasteiger partial charge in [-0.25, -0.2) is 0 Å². The molecule has 2 atom stereocenters. The molecular weight excluding hydrogens is 250 g/mol.